The summed E-state index contributed by atoms with van der Waals surface area (Å²) in [6.45, 7) is 7.35. The van der Waals surface area contributed by atoms with E-state index < -0.39 is 23.4 Å². The Bertz CT molecular complexity index is 1080. The molecule has 10 nitrogen and oxygen atoms in total. The molecule has 3 heterocycles. The Kier molecular flexibility index (Phi) is 5.75. The van der Waals surface area contributed by atoms with Crippen molar-refractivity contribution in [1.29, 1.82) is 0 Å². The van der Waals surface area contributed by atoms with Gasteiger partial charge in [-0.25, -0.2) is 14.6 Å². The Labute approximate surface area is 190 Å². The first-order valence-electron chi connectivity index (χ1n) is 10.5. The SMILES string of the molecule is CC(C)(C)OC(=O)N1CCN(c2cc(C(=O)ON3C(=O)c4ccccc4C3=O)ccn2)CC1. The Morgan fingerprint density at radius 3 is 2.12 bits per heavy atom. The molecule has 172 valence electrons. The van der Waals surface area contributed by atoms with E-state index in [1.807, 2.05) is 25.7 Å². The quantitative estimate of drug-likeness (QED) is 0.654. The molecule has 0 atom stereocenters. The van der Waals surface area contributed by atoms with E-state index >= 15 is 0 Å². The highest BCUT2D eigenvalue weighted by Crippen LogP contribution is 2.24. The average Bonchev–Trinajstić information content (AvgIpc) is 3.03. The van der Waals surface area contributed by atoms with E-state index in [4.69, 9.17) is 9.57 Å². The van der Waals surface area contributed by atoms with Gasteiger partial charge in [-0.3, -0.25) is 9.59 Å². The van der Waals surface area contributed by atoms with Crippen molar-refractivity contribution in [2.75, 3.05) is 31.1 Å². The minimum absolute atomic E-state index is 0.145. The molecule has 1 fully saturated rings. The number of rotatable bonds is 3. The number of hydrogen-bond donors (Lipinski definition) is 0. The van der Waals surface area contributed by atoms with Crippen molar-refractivity contribution >= 4 is 29.7 Å². The number of benzene rings is 1. The van der Waals surface area contributed by atoms with E-state index in [1.165, 1.54) is 30.5 Å². The number of ether oxygens (including phenoxy) is 1. The Morgan fingerprint density at radius 2 is 1.55 bits per heavy atom. The summed E-state index contributed by atoms with van der Waals surface area (Å²) in [5.41, 5.74) is -0.0440. The number of carbonyl (C=O) groups excluding carboxylic acids is 4. The molecular formula is C23H24N4O6. The predicted octanol–water partition coefficient (Wildman–Crippen LogP) is 2.51. The van der Waals surface area contributed by atoms with Crippen molar-refractivity contribution in [3.05, 3.63) is 59.3 Å². The van der Waals surface area contributed by atoms with Crippen molar-refractivity contribution in [3.63, 3.8) is 0 Å². The summed E-state index contributed by atoms with van der Waals surface area (Å²) < 4.78 is 5.40. The predicted molar refractivity (Wildman–Crippen MR) is 117 cm³/mol. The van der Waals surface area contributed by atoms with E-state index in [1.54, 1.807) is 17.0 Å². The Hall–Kier alpha value is -3.95. The summed E-state index contributed by atoms with van der Waals surface area (Å²) in [4.78, 5) is 62.8. The topological polar surface area (TPSA) is 109 Å². The fraction of sp³-hybridized carbons (Fsp3) is 0.348. The lowest BCUT2D eigenvalue weighted by Gasteiger charge is -2.36. The molecule has 0 saturated carbocycles. The van der Waals surface area contributed by atoms with Gasteiger partial charge in [0.1, 0.15) is 11.4 Å². The van der Waals surface area contributed by atoms with Crippen LogP contribution < -0.4 is 4.90 Å². The standard InChI is InChI=1S/C23H24N4O6/c1-23(2,3)32-22(31)26-12-10-25(11-13-26)18-14-15(8-9-24-18)21(30)33-27-19(28)16-6-4-5-7-17(16)20(27)29/h4-9,14H,10-13H2,1-3H3. The summed E-state index contributed by atoms with van der Waals surface area (Å²) >= 11 is 0. The molecule has 0 N–H and O–H groups in total. The summed E-state index contributed by atoms with van der Waals surface area (Å²) in [6, 6.07) is 9.25. The van der Waals surface area contributed by atoms with Gasteiger partial charge in [0.25, 0.3) is 11.8 Å². The first-order valence-corrected chi connectivity index (χ1v) is 10.5. The van der Waals surface area contributed by atoms with Crippen LogP contribution in [0.25, 0.3) is 0 Å². The molecule has 2 aromatic rings. The third-order valence-corrected chi connectivity index (χ3v) is 5.17. The minimum atomic E-state index is -0.847. The number of pyridine rings is 1. The van der Waals surface area contributed by atoms with E-state index in [0.29, 0.717) is 37.1 Å². The van der Waals surface area contributed by atoms with Gasteiger partial charge < -0.3 is 19.4 Å². The van der Waals surface area contributed by atoms with Gasteiger partial charge in [0, 0.05) is 32.4 Å². The van der Waals surface area contributed by atoms with E-state index in [9.17, 15) is 19.2 Å². The number of hydroxylamine groups is 2. The lowest BCUT2D eigenvalue weighted by atomic mass is 10.1. The molecule has 0 radical (unpaired) electrons. The molecular weight excluding hydrogens is 428 g/mol. The number of amides is 3. The van der Waals surface area contributed by atoms with Crippen LogP contribution >= 0.6 is 0 Å². The Morgan fingerprint density at radius 1 is 0.939 bits per heavy atom. The van der Waals surface area contributed by atoms with Crippen LogP contribution in [0.15, 0.2) is 42.6 Å². The largest absolute Gasteiger partial charge is 0.444 e. The van der Waals surface area contributed by atoms with Crippen molar-refractivity contribution in [1.82, 2.24) is 14.9 Å². The van der Waals surface area contributed by atoms with E-state index in [0.717, 1.165) is 0 Å². The van der Waals surface area contributed by atoms with Gasteiger partial charge in [0.2, 0.25) is 0 Å². The minimum Gasteiger partial charge on any atom is -0.444 e. The van der Waals surface area contributed by atoms with Crippen LogP contribution in [0.3, 0.4) is 0 Å². The van der Waals surface area contributed by atoms with E-state index in [-0.39, 0.29) is 22.8 Å². The van der Waals surface area contributed by atoms with Crippen LogP contribution in [0.2, 0.25) is 0 Å². The Balaban J connectivity index is 1.40. The summed E-state index contributed by atoms with van der Waals surface area (Å²) in [5.74, 6) is -1.69. The molecule has 0 unspecified atom stereocenters. The maximum Gasteiger partial charge on any atom is 0.410 e. The smallest absolute Gasteiger partial charge is 0.410 e. The summed E-state index contributed by atoms with van der Waals surface area (Å²) in [7, 11) is 0. The molecule has 0 bridgehead atoms. The molecule has 33 heavy (non-hydrogen) atoms. The number of fused-ring (bicyclic) bond motifs is 1. The highest BCUT2D eigenvalue weighted by molar-refractivity contribution is 6.21. The van der Waals surface area contributed by atoms with Gasteiger partial charge in [-0.1, -0.05) is 17.2 Å². The molecule has 4 rings (SSSR count). The van der Waals surface area contributed by atoms with Gasteiger partial charge in [-0.15, -0.1) is 0 Å². The molecule has 0 aliphatic carbocycles. The first kappa shape index (κ1) is 22.3. The van der Waals surface area contributed by atoms with Gasteiger partial charge in [-0.05, 0) is 45.0 Å². The highest BCUT2D eigenvalue weighted by atomic mass is 16.7. The highest BCUT2D eigenvalue weighted by Gasteiger charge is 2.39. The summed E-state index contributed by atoms with van der Waals surface area (Å²) in [5, 5.41) is 0.479. The number of piperazine rings is 1. The maximum atomic E-state index is 12.7. The van der Waals surface area contributed by atoms with Gasteiger partial charge in [0.05, 0.1) is 16.7 Å². The zero-order chi connectivity index (χ0) is 23.8. The lowest BCUT2D eigenvalue weighted by Crippen LogP contribution is -2.50. The molecule has 1 aromatic carbocycles. The van der Waals surface area contributed by atoms with Crippen molar-refractivity contribution in [3.8, 4) is 0 Å². The third-order valence-electron chi connectivity index (χ3n) is 5.17. The number of imide groups is 1. The van der Waals surface area contributed by atoms with Crippen LogP contribution in [-0.4, -0.2) is 70.6 Å². The molecule has 0 spiro atoms. The third kappa shape index (κ3) is 4.64. The van der Waals surface area contributed by atoms with Crippen LogP contribution in [0.1, 0.15) is 51.8 Å². The molecule has 1 aromatic heterocycles. The molecule has 3 amide bonds. The van der Waals surface area contributed by atoms with Crippen molar-refractivity contribution in [2.45, 2.75) is 26.4 Å². The normalized spacial score (nSPS) is 16.0. The number of hydrogen-bond acceptors (Lipinski definition) is 8. The molecule has 2 aliphatic rings. The fourth-order valence-electron chi connectivity index (χ4n) is 3.55. The average molecular weight is 452 g/mol. The summed E-state index contributed by atoms with van der Waals surface area (Å²) in [6.07, 6.45) is 1.09. The number of carbonyl (C=O) groups is 4. The first-order chi connectivity index (χ1) is 15.6. The molecule has 2 aliphatic heterocycles. The molecule has 10 heteroatoms. The van der Waals surface area contributed by atoms with Gasteiger partial charge in [0.15, 0.2) is 0 Å². The number of aromatic nitrogens is 1. The zero-order valence-electron chi connectivity index (χ0n) is 18.6. The zero-order valence-corrected chi connectivity index (χ0v) is 18.6. The lowest BCUT2D eigenvalue weighted by molar-refractivity contribution is -0.0584. The van der Waals surface area contributed by atoms with Crippen LogP contribution in [0.4, 0.5) is 10.6 Å². The van der Waals surface area contributed by atoms with Crippen LogP contribution in [-0.2, 0) is 9.57 Å². The maximum absolute atomic E-state index is 12.7. The van der Waals surface area contributed by atoms with Gasteiger partial charge in [-0.2, -0.15) is 0 Å². The number of anilines is 1. The fourth-order valence-corrected chi connectivity index (χ4v) is 3.55. The van der Waals surface area contributed by atoms with Crippen molar-refractivity contribution < 1.29 is 28.8 Å². The second kappa shape index (κ2) is 8.53. The van der Waals surface area contributed by atoms with E-state index in [2.05, 4.69) is 4.98 Å². The number of nitrogens with zero attached hydrogens (tertiary/aromatic N) is 4. The molecule has 1 saturated heterocycles. The monoisotopic (exact) mass is 452 g/mol. The van der Waals surface area contributed by atoms with Crippen molar-refractivity contribution in [2.24, 2.45) is 0 Å². The van der Waals surface area contributed by atoms with Crippen LogP contribution in [0, 0.1) is 0 Å². The second-order valence-corrected chi connectivity index (χ2v) is 8.69. The van der Waals surface area contributed by atoms with Crippen LogP contribution in [0.5, 0.6) is 0 Å². The van der Waals surface area contributed by atoms with Gasteiger partial charge >= 0.3 is 12.1 Å². The second-order valence-electron chi connectivity index (χ2n) is 8.69.